The Morgan fingerprint density at radius 2 is 1.95 bits per heavy atom. The average molecular weight is 586 g/mol. The number of methoxy groups -OCH3 is 1. The summed E-state index contributed by atoms with van der Waals surface area (Å²) < 4.78 is 4.95. The van der Waals surface area contributed by atoms with Gasteiger partial charge in [0, 0.05) is 28.9 Å². The van der Waals surface area contributed by atoms with E-state index in [0.29, 0.717) is 30.6 Å². The van der Waals surface area contributed by atoms with Gasteiger partial charge in [0.15, 0.2) is 6.61 Å². The van der Waals surface area contributed by atoms with Crippen LogP contribution in [0.3, 0.4) is 0 Å². The minimum absolute atomic E-state index is 0.105. The summed E-state index contributed by atoms with van der Waals surface area (Å²) in [7, 11) is 1.31. The molecule has 1 aromatic carbocycles. The van der Waals surface area contributed by atoms with Crippen LogP contribution in [0.4, 0.5) is 0 Å². The summed E-state index contributed by atoms with van der Waals surface area (Å²) in [6.07, 6.45) is 17.8. The molecule has 3 N–H and O–H groups in total. The van der Waals surface area contributed by atoms with E-state index < -0.39 is 23.5 Å². The number of H-pyrrole nitrogens is 1. The van der Waals surface area contributed by atoms with Gasteiger partial charge in [0.1, 0.15) is 11.6 Å². The van der Waals surface area contributed by atoms with Crippen LogP contribution in [0.1, 0.15) is 70.8 Å². The van der Waals surface area contributed by atoms with Gasteiger partial charge in [0.2, 0.25) is 0 Å². The number of esters is 1. The summed E-state index contributed by atoms with van der Waals surface area (Å²) in [5.74, 6) is 3.45. The van der Waals surface area contributed by atoms with Crippen molar-refractivity contribution in [1.82, 2.24) is 10.3 Å². The van der Waals surface area contributed by atoms with Gasteiger partial charge in [-0.05, 0) is 92.2 Å². The molecule has 4 aliphatic rings. The van der Waals surface area contributed by atoms with E-state index in [9.17, 15) is 14.7 Å². The normalized spacial score (nSPS) is 34.7. The lowest BCUT2D eigenvalue weighted by Crippen LogP contribution is -2.54. The number of para-hydroxylation sites is 1. The molecule has 1 heterocycles. The van der Waals surface area contributed by atoms with Crippen molar-refractivity contribution in [3.05, 3.63) is 47.7 Å². The van der Waals surface area contributed by atoms with Crippen LogP contribution in [0, 0.1) is 40.9 Å². The number of nitrogens with one attached hydrogen (secondary N) is 2. The molecule has 7 atom stereocenters. The van der Waals surface area contributed by atoms with Crippen LogP contribution >= 0.6 is 0 Å². The van der Waals surface area contributed by atoms with Gasteiger partial charge < -0.3 is 25.0 Å². The summed E-state index contributed by atoms with van der Waals surface area (Å²) in [5, 5.41) is 19.3. The van der Waals surface area contributed by atoms with E-state index >= 15 is 0 Å². The van der Waals surface area contributed by atoms with Crippen LogP contribution in [0.15, 0.2) is 47.3 Å². The topological polar surface area (TPSA) is 113 Å². The number of nitrogens with zero attached hydrogens (tertiary/aromatic N) is 1. The molecule has 3 saturated carbocycles. The van der Waals surface area contributed by atoms with Crippen LogP contribution in [-0.4, -0.2) is 53.0 Å². The third-order valence-corrected chi connectivity index (χ3v) is 11.7. The molecule has 1 amide bonds. The van der Waals surface area contributed by atoms with Gasteiger partial charge in [-0.25, -0.2) is 4.79 Å². The number of hydrogen-bond acceptors (Lipinski definition) is 6. The molecule has 3 fully saturated rings. The highest BCUT2D eigenvalue weighted by atomic mass is 16.6. The molecule has 2 aromatic rings. The van der Waals surface area contributed by atoms with Crippen molar-refractivity contribution < 1.29 is 24.3 Å². The largest absolute Gasteiger partial charge is 0.467 e. The molecular formula is C35H43N3O5. The van der Waals surface area contributed by atoms with Crippen molar-refractivity contribution >= 4 is 28.5 Å². The van der Waals surface area contributed by atoms with Crippen molar-refractivity contribution in [3.63, 3.8) is 0 Å². The molecule has 43 heavy (non-hydrogen) atoms. The molecule has 0 unspecified atom stereocenters. The second kappa shape index (κ2) is 11.2. The zero-order valence-corrected chi connectivity index (χ0v) is 25.4. The van der Waals surface area contributed by atoms with E-state index in [0.717, 1.165) is 67.1 Å². The van der Waals surface area contributed by atoms with E-state index in [1.54, 1.807) is 0 Å². The van der Waals surface area contributed by atoms with Crippen molar-refractivity contribution in [2.75, 3.05) is 13.7 Å². The number of amides is 1. The first kappa shape index (κ1) is 29.5. The Kier molecular flexibility index (Phi) is 7.66. The minimum atomic E-state index is -0.983. The second-order valence-corrected chi connectivity index (χ2v) is 13.6. The molecule has 8 heteroatoms. The zero-order chi connectivity index (χ0) is 30.4. The Morgan fingerprint density at radius 1 is 1.16 bits per heavy atom. The maximum absolute atomic E-state index is 12.8. The fraction of sp³-hybridized carbons (Fsp3) is 0.571. The van der Waals surface area contributed by atoms with E-state index in [-0.39, 0.29) is 17.4 Å². The van der Waals surface area contributed by atoms with Crippen LogP contribution in [0.5, 0.6) is 0 Å². The van der Waals surface area contributed by atoms with Gasteiger partial charge in [-0.1, -0.05) is 48.7 Å². The van der Waals surface area contributed by atoms with Gasteiger partial charge in [-0.2, -0.15) is 0 Å². The van der Waals surface area contributed by atoms with Crippen LogP contribution in [0.2, 0.25) is 0 Å². The number of benzene rings is 1. The molecule has 6 rings (SSSR count). The molecule has 0 aliphatic heterocycles. The number of carbonyl (C=O) groups excluding carboxylic acids is 2. The number of aromatic nitrogens is 1. The molecule has 8 nitrogen and oxygen atoms in total. The molecule has 4 aliphatic carbocycles. The number of oxime groups is 1. The van der Waals surface area contributed by atoms with E-state index in [2.05, 4.69) is 41.3 Å². The molecule has 0 radical (unpaired) electrons. The highest BCUT2D eigenvalue weighted by molar-refractivity contribution is 5.96. The lowest BCUT2D eigenvalue weighted by atomic mass is 9.46. The number of terminal acetylenes is 1. The summed E-state index contributed by atoms with van der Waals surface area (Å²) >= 11 is 0. The number of carbonyl (C=O) groups is 2. The molecule has 0 bridgehead atoms. The lowest BCUT2D eigenvalue weighted by Gasteiger charge is -2.58. The number of fused-ring (bicyclic) bond motifs is 6. The quantitative estimate of drug-likeness (QED) is 0.239. The van der Waals surface area contributed by atoms with Crippen LogP contribution in [0.25, 0.3) is 10.9 Å². The predicted octanol–water partition coefficient (Wildman–Crippen LogP) is 5.07. The predicted molar refractivity (Wildman–Crippen MR) is 165 cm³/mol. The fourth-order valence-electron chi connectivity index (χ4n) is 9.16. The smallest absolute Gasteiger partial charge is 0.328 e. The van der Waals surface area contributed by atoms with E-state index in [1.165, 1.54) is 12.7 Å². The van der Waals surface area contributed by atoms with Crippen molar-refractivity contribution in [1.29, 1.82) is 0 Å². The first-order valence-corrected chi connectivity index (χ1v) is 15.6. The minimum Gasteiger partial charge on any atom is -0.467 e. The van der Waals surface area contributed by atoms with Crippen LogP contribution < -0.4 is 5.32 Å². The van der Waals surface area contributed by atoms with Gasteiger partial charge in [0.25, 0.3) is 5.91 Å². The fourth-order valence-corrected chi connectivity index (χ4v) is 9.16. The average Bonchev–Trinajstić information content (AvgIpc) is 3.54. The van der Waals surface area contributed by atoms with Gasteiger partial charge >= 0.3 is 5.97 Å². The molecule has 1 aromatic heterocycles. The summed E-state index contributed by atoms with van der Waals surface area (Å²) in [5.41, 5.74) is 3.08. The molecular weight excluding hydrogens is 542 g/mol. The standard InChI is InChI=1S/C35H43N3O5/c1-5-35(41)17-14-28-26-11-10-23-19-24(12-15-33(23,2)27(26)13-16-34(28,35)3)38-43-21-31(39)37-30(32(40)42-4)18-22-20-36-29-9-7-6-8-25(22)29/h1,6-9,19-20,26-28,30,36,41H,10-18,21H2,2-4H3,(H,37,39)/b38-24-/t26-,27+,28+,30-,33-,34+,35-/m0/s1. The first-order valence-electron chi connectivity index (χ1n) is 15.6. The zero-order valence-electron chi connectivity index (χ0n) is 25.4. The number of rotatable bonds is 7. The number of aliphatic hydroxyl groups is 1. The third-order valence-electron chi connectivity index (χ3n) is 11.7. The molecule has 228 valence electrons. The van der Waals surface area contributed by atoms with Gasteiger partial charge in [-0.15, -0.1) is 6.42 Å². The lowest BCUT2D eigenvalue weighted by molar-refractivity contribution is -0.145. The van der Waals surface area contributed by atoms with Crippen molar-refractivity contribution in [2.45, 2.75) is 83.3 Å². The second-order valence-electron chi connectivity index (χ2n) is 13.6. The van der Waals surface area contributed by atoms with Crippen molar-refractivity contribution in [3.8, 4) is 12.3 Å². The maximum Gasteiger partial charge on any atom is 0.328 e. The highest BCUT2D eigenvalue weighted by Gasteiger charge is 2.63. The number of hydrogen-bond donors (Lipinski definition) is 3. The van der Waals surface area contributed by atoms with Gasteiger partial charge in [0.05, 0.1) is 12.8 Å². The molecule has 0 saturated heterocycles. The summed E-state index contributed by atoms with van der Waals surface area (Å²) in [4.78, 5) is 33.9. The first-order chi connectivity index (χ1) is 20.6. The monoisotopic (exact) mass is 585 g/mol. The maximum atomic E-state index is 12.8. The van der Waals surface area contributed by atoms with Gasteiger partial charge in [-0.3, -0.25) is 4.79 Å². The third kappa shape index (κ3) is 4.96. The Hall–Kier alpha value is -3.57. The molecule has 0 spiro atoms. The Balaban J connectivity index is 1.08. The number of ether oxygens (including phenoxy) is 1. The SMILES string of the molecule is C#C[C@]1(O)CC[C@@H]2[C@H]3CCC4=C/C(=N\OCC(=O)N[C@@H](Cc5c[nH]c6ccccc56)C(=O)OC)CC[C@]4(C)[C@@H]3CC[C@]21C. The van der Waals surface area contributed by atoms with E-state index in [1.807, 2.05) is 30.5 Å². The van der Waals surface area contributed by atoms with Crippen molar-refractivity contribution in [2.24, 2.45) is 33.7 Å². The number of allylic oxidation sites excluding steroid dienone is 2. The highest BCUT2D eigenvalue weighted by Crippen LogP contribution is 2.67. The Labute approximate surface area is 253 Å². The Morgan fingerprint density at radius 3 is 2.74 bits per heavy atom. The number of aromatic amines is 1. The summed E-state index contributed by atoms with van der Waals surface area (Å²) in [6, 6.07) is 6.98. The summed E-state index contributed by atoms with van der Waals surface area (Å²) in [6.45, 7) is 4.35. The Bertz CT molecular complexity index is 1520. The van der Waals surface area contributed by atoms with E-state index in [4.69, 9.17) is 16.0 Å². The van der Waals surface area contributed by atoms with Crippen LogP contribution in [-0.2, 0) is 25.6 Å².